The Hall–Kier alpha value is -2.73. The summed E-state index contributed by atoms with van der Waals surface area (Å²) in [5.74, 6) is 2.07. The quantitative estimate of drug-likeness (QED) is 0.443. The summed E-state index contributed by atoms with van der Waals surface area (Å²) in [6.45, 7) is 2.49. The minimum atomic E-state index is -0.0657. The molecule has 3 aromatic carbocycles. The second kappa shape index (κ2) is 10.9. The van der Waals surface area contributed by atoms with Crippen molar-refractivity contribution in [2.24, 2.45) is 0 Å². The van der Waals surface area contributed by atoms with E-state index in [2.05, 4.69) is 16.3 Å². The molecule has 1 heterocycles. The van der Waals surface area contributed by atoms with Crippen molar-refractivity contribution >= 4 is 29.1 Å². The van der Waals surface area contributed by atoms with Gasteiger partial charge in [0.1, 0.15) is 5.75 Å². The van der Waals surface area contributed by atoms with Crippen LogP contribution in [0.25, 0.3) is 0 Å². The molecule has 0 spiro atoms. The summed E-state index contributed by atoms with van der Waals surface area (Å²) in [5, 5.41) is 4.15. The van der Waals surface area contributed by atoms with Crippen LogP contribution in [0.5, 0.6) is 17.2 Å². The lowest BCUT2D eigenvalue weighted by molar-refractivity contribution is -0.121. The van der Waals surface area contributed by atoms with Crippen LogP contribution in [0.3, 0.4) is 0 Å². The molecule has 1 fully saturated rings. The third kappa shape index (κ3) is 6.20. The molecule has 0 unspecified atom stereocenters. The van der Waals surface area contributed by atoms with Crippen LogP contribution >= 0.6 is 23.2 Å². The van der Waals surface area contributed by atoms with Gasteiger partial charge in [0.05, 0.1) is 13.5 Å². The third-order valence-electron chi connectivity index (χ3n) is 5.64. The van der Waals surface area contributed by atoms with Crippen LogP contribution in [-0.2, 0) is 17.8 Å². The van der Waals surface area contributed by atoms with E-state index in [4.69, 9.17) is 32.7 Å². The van der Waals surface area contributed by atoms with E-state index in [-0.39, 0.29) is 18.4 Å². The van der Waals surface area contributed by atoms with Gasteiger partial charge in [0.15, 0.2) is 11.5 Å². The van der Waals surface area contributed by atoms with Crippen molar-refractivity contribution in [3.05, 3.63) is 87.9 Å². The minimum absolute atomic E-state index is 0.0657. The van der Waals surface area contributed by atoms with Crippen LogP contribution in [0.1, 0.15) is 17.5 Å². The molecule has 0 radical (unpaired) electrons. The smallest absolute Gasteiger partial charge is 0.224 e. The van der Waals surface area contributed by atoms with Crippen molar-refractivity contribution < 1.29 is 14.3 Å². The molecule has 1 amide bonds. The minimum Gasteiger partial charge on any atom is -0.493 e. The van der Waals surface area contributed by atoms with Crippen molar-refractivity contribution in [2.45, 2.75) is 25.4 Å². The number of methoxy groups -OCH3 is 1. The van der Waals surface area contributed by atoms with Gasteiger partial charge in [0, 0.05) is 35.7 Å². The van der Waals surface area contributed by atoms with Crippen LogP contribution in [0, 0.1) is 0 Å². The Bertz CT molecular complexity index is 1100. The zero-order valence-corrected chi connectivity index (χ0v) is 19.9. The molecular formula is C26H26Cl2N2O3. The molecular weight excluding hydrogens is 459 g/mol. The van der Waals surface area contributed by atoms with Gasteiger partial charge in [-0.05, 0) is 53.9 Å². The van der Waals surface area contributed by atoms with Crippen LogP contribution in [0.4, 0.5) is 0 Å². The lowest BCUT2D eigenvalue weighted by atomic mass is 10.1. The van der Waals surface area contributed by atoms with Crippen LogP contribution in [-0.4, -0.2) is 37.0 Å². The average Bonchev–Trinajstić information content (AvgIpc) is 3.23. The van der Waals surface area contributed by atoms with Gasteiger partial charge in [0.2, 0.25) is 5.91 Å². The highest BCUT2D eigenvalue weighted by atomic mass is 35.5. The molecule has 7 heteroatoms. The van der Waals surface area contributed by atoms with Crippen LogP contribution < -0.4 is 14.8 Å². The molecule has 0 aromatic heterocycles. The van der Waals surface area contributed by atoms with Gasteiger partial charge >= 0.3 is 0 Å². The molecule has 1 atom stereocenters. The number of para-hydroxylation sites is 2. The highest BCUT2D eigenvalue weighted by molar-refractivity contribution is 6.36. The molecule has 172 valence electrons. The van der Waals surface area contributed by atoms with Crippen molar-refractivity contribution in [3.8, 4) is 17.2 Å². The van der Waals surface area contributed by atoms with Crippen molar-refractivity contribution in [2.75, 3.05) is 20.2 Å². The van der Waals surface area contributed by atoms with Crippen molar-refractivity contribution in [3.63, 3.8) is 0 Å². The lowest BCUT2D eigenvalue weighted by Gasteiger charge is -2.18. The zero-order chi connectivity index (χ0) is 23.2. The predicted molar refractivity (Wildman–Crippen MR) is 132 cm³/mol. The number of hydrogen-bond donors (Lipinski definition) is 1. The molecule has 1 N–H and O–H groups in total. The van der Waals surface area contributed by atoms with Gasteiger partial charge in [-0.25, -0.2) is 0 Å². The molecule has 3 aromatic rings. The summed E-state index contributed by atoms with van der Waals surface area (Å²) >= 11 is 12.4. The van der Waals surface area contributed by atoms with Gasteiger partial charge in [0.25, 0.3) is 0 Å². The summed E-state index contributed by atoms with van der Waals surface area (Å²) in [7, 11) is 1.63. The molecule has 1 saturated heterocycles. The average molecular weight is 485 g/mol. The molecule has 1 aliphatic rings. The number of nitrogens with one attached hydrogen (secondary N) is 1. The topological polar surface area (TPSA) is 50.8 Å². The van der Waals surface area contributed by atoms with Gasteiger partial charge in [-0.15, -0.1) is 0 Å². The fourth-order valence-corrected chi connectivity index (χ4v) is 4.56. The highest BCUT2D eigenvalue weighted by Crippen LogP contribution is 2.31. The van der Waals surface area contributed by atoms with E-state index < -0.39 is 0 Å². The maximum absolute atomic E-state index is 12.5. The zero-order valence-electron chi connectivity index (χ0n) is 18.4. The lowest BCUT2D eigenvalue weighted by Crippen LogP contribution is -2.37. The van der Waals surface area contributed by atoms with E-state index in [1.165, 1.54) is 0 Å². The van der Waals surface area contributed by atoms with Crippen molar-refractivity contribution in [1.29, 1.82) is 0 Å². The molecule has 0 bridgehead atoms. The standard InChI is InChI=1S/C26H26Cl2N2O3/c1-32-24-10-2-3-11-25(24)33-20-7-4-6-18(14-20)16-30-13-12-19(17-30)29-26(31)15-21-22(27)8-5-9-23(21)28/h2-11,14,19H,12-13,15-17H2,1H3,(H,29,31)/t19-/m0/s1. The normalized spacial score (nSPS) is 15.9. The maximum Gasteiger partial charge on any atom is 0.224 e. The number of rotatable bonds is 8. The number of hydrogen-bond acceptors (Lipinski definition) is 4. The largest absolute Gasteiger partial charge is 0.493 e. The Morgan fingerprint density at radius 3 is 2.52 bits per heavy atom. The predicted octanol–water partition coefficient (Wildman–Crippen LogP) is 5.73. The van der Waals surface area contributed by atoms with E-state index >= 15 is 0 Å². The fourth-order valence-electron chi connectivity index (χ4n) is 4.03. The van der Waals surface area contributed by atoms with E-state index in [0.29, 0.717) is 27.1 Å². The second-order valence-corrected chi connectivity index (χ2v) is 8.88. The number of likely N-dealkylation sites (tertiary alicyclic amines) is 1. The van der Waals surface area contributed by atoms with E-state index in [9.17, 15) is 4.79 Å². The number of carbonyl (C=O) groups is 1. The SMILES string of the molecule is COc1ccccc1Oc1cccc(CN2CC[C@H](NC(=O)Cc3c(Cl)cccc3Cl)C2)c1. The molecule has 0 saturated carbocycles. The first-order valence-corrected chi connectivity index (χ1v) is 11.6. The highest BCUT2D eigenvalue weighted by Gasteiger charge is 2.24. The second-order valence-electron chi connectivity index (χ2n) is 8.07. The Kier molecular flexibility index (Phi) is 7.76. The number of halogens is 2. The van der Waals surface area contributed by atoms with E-state index in [1.54, 1.807) is 25.3 Å². The van der Waals surface area contributed by atoms with Crippen LogP contribution in [0.2, 0.25) is 10.0 Å². The Balaban J connectivity index is 1.31. The first-order valence-electron chi connectivity index (χ1n) is 10.9. The van der Waals surface area contributed by atoms with E-state index in [1.807, 2.05) is 42.5 Å². The maximum atomic E-state index is 12.5. The first-order chi connectivity index (χ1) is 16.0. The van der Waals surface area contributed by atoms with Crippen molar-refractivity contribution in [1.82, 2.24) is 10.2 Å². The van der Waals surface area contributed by atoms with Gasteiger partial charge in [-0.2, -0.15) is 0 Å². The third-order valence-corrected chi connectivity index (χ3v) is 6.35. The molecule has 0 aliphatic carbocycles. The summed E-state index contributed by atoms with van der Waals surface area (Å²) in [5.41, 5.74) is 1.82. The summed E-state index contributed by atoms with van der Waals surface area (Å²) in [6.07, 6.45) is 1.08. The number of nitrogens with zero attached hydrogens (tertiary/aromatic N) is 1. The molecule has 5 nitrogen and oxygen atoms in total. The number of benzene rings is 3. The number of ether oxygens (including phenoxy) is 2. The monoisotopic (exact) mass is 484 g/mol. The Morgan fingerprint density at radius 1 is 1.03 bits per heavy atom. The van der Waals surface area contributed by atoms with Gasteiger partial charge in [-0.1, -0.05) is 53.5 Å². The number of carbonyl (C=O) groups excluding carboxylic acids is 1. The molecule has 1 aliphatic heterocycles. The Morgan fingerprint density at radius 2 is 1.76 bits per heavy atom. The summed E-state index contributed by atoms with van der Waals surface area (Å²) in [4.78, 5) is 14.9. The number of amides is 1. The van der Waals surface area contributed by atoms with E-state index in [0.717, 1.165) is 37.4 Å². The molecule has 33 heavy (non-hydrogen) atoms. The molecule has 4 rings (SSSR count). The summed E-state index contributed by atoms with van der Waals surface area (Å²) in [6, 6.07) is 21.0. The van der Waals surface area contributed by atoms with Gasteiger partial charge in [-0.3, -0.25) is 9.69 Å². The summed E-state index contributed by atoms with van der Waals surface area (Å²) < 4.78 is 11.4. The fraction of sp³-hybridized carbons (Fsp3) is 0.269. The van der Waals surface area contributed by atoms with Crippen LogP contribution in [0.15, 0.2) is 66.7 Å². The Labute approximate surface area is 204 Å². The first kappa shape index (κ1) is 23.4. The van der Waals surface area contributed by atoms with Gasteiger partial charge < -0.3 is 14.8 Å².